The van der Waals surface area contributed by atoms with E-state index in [-0.39, 0.29) is 45.7 Å². The van der Waals surface area contributed by atoms with Gasteiger partial charge in [0.1, 0.15) is 11.5 Å². The fourth-order valence-electron chi connectivity index (χ4n) is 5.23. The average molecular weight is 581 g/mol. The van der Waals surface area contributed by atoms with Gasteiger partial charge in [-0.3, -0.25) is 9.80 Å². The molecule has 216 valence electrons. The van der Waals surface area contributed by atoms with Crippen LogP contribution in [0.2, 0.25) is 0 Å². The van der Waals surface area contributed by atoms with E-state index in [2.05, 4.69) is 9.80 Å². The van der Waals surface area contributed by atoms with Crippen LogP contribution >= 0.6 is 0 Å². The van der Waals surface area contributed by atoms with Crippen LogP contribution in [-0.2, 0) is 29.1 Å². The summed E-state index contributed by atoms with van der Waals surface area (Å²) in [6.45, 7) is 11.8. The molecule has 4 atom stereocenters. The summed E-state index contributed by atoms with van der Waals surface area (Å²) in [7, 11) is -6.88. The molecule has 0 N–H and O–H groups in total. The van der Waals surface area contributed by atoms with Gasteiger partial charge in [0, 0.05) is 39.3 Å². The molecule has 0 radical (unpaired) electrons. The average Bonchev–Trinajstić information content (AvgIpc) is 2.86. The van der Waals surface area contributed by atoms with Crippen LogP contribution < -0.4 is 4.74 Å². The van der Waals surface area contributed by atoms with Crippen molar-refractivity contribution in [2.45, 2.75) is 61.9 Å². The van der Waals surface area contributed by atoms with Gasteiger partial charge in [-0.1, -0.05) is 0 Å². The van der Waals surface area contributed by atoms with E-state index in [0.717, 1.165) is 26.2 Å². The van der Waals surface area contributed by atoms with Crippen molar-refractivity contribution in [2.24, 2.45) is 0 Å². The lowest BCUT2D eigenvalue weighted by atomic mass is 10.2. The Morgan fingerprint density at radius 3 is 1.23 bits per heavy atom. The van der Waals surface area contributed by atoms with Crippen LogP contribution in [0.4, 0.5) is 0 Å². The van der Waals surface area contributed by atoms with Crippen LogP contribution in [0.3, 0.4) is 0 Å². The lowest BCUT2D eigenvalue weighted by molar-refractivity contribution is -0.0663. The maximum Gasteiger partial charge on any atom is 0.179 e. The Kier molecular flexibility index (Phi) is 9.72. The third kappa shape index (κ3) is 8.48. The molecule has 11 heteroatoms. The first-order valence-electron chi connectivity index (χ1n) is 13.5. The Labute approximate surface area is 232 Å². The second kappa shape index (κ2) is 12.7. The van der Waals surface area contributed by atoms with Gasteiger partial charge in [-0.25, -0.2) is 16.8 Å². The van der Waals surface area contributed by atoms with Crippen molar-refractivity contribution in [3.8, 4) is 11.5 Å². The van der Waals surface area contributed by atoms with Gasteiger partial charge in [0.05, 0.1) is 45.7 Å². The van der Waals surface area contributed by atoms with Crippen molar-refractivity contribution in [1.82, 2.24) is 9.80 Å². The topological polar surface area (TPSA) is 102 Å². The maximum atomic E-state index is 12.9. The maximum absolute atomic E-state index is 12.9. The van der Waals surface area contributed by atoms with E-state index in [1.165, 1.54) is 0 Å². The quantitative estimate of drug-likeness (QED) is 0.419. The number of rotatable bonds is 10. The first kappa shape index (κ1) is 30.0. The summed E-state index contributed by atoms with van der Waals surface area (Å²) in [5.41, 5.74) is 0. The zero-order chi connectivity index (χ0) is 28.2. The molecule has 0 spiro atoms. The first-order valence-corrected chi connectivity index (χ1v) is 16.8. The minimum Gasteiger partial charge on any atom is -0.457 e. The normalized spacial score (nSPS) is 25.4. The van der Waals surface area contributed by atoms with E-state index >= 15 is 0 Å². The predicted molar refractivity (Wildman–Crippen MR) is 150 cm³/mol. The van der Waals surface area contributed by atoms with E-state index in [4.69, 9.17) is 14.2 Å². The number of sulfone groups is 2. The SMILES string of the molecule is CC1CN(CCS(=O)(=O)c2ccc(Oc3ccc(S(=O)(=O)CCN4CC(C)OC(C)C4)cc3)cc2)CC(C)O1. The molecule has 39 heavy (non-hydrogen) atoms. The van der Waals surface area contributed by atoms with Crippen LogP contribution in [0.25, 0.3) is 0 Å². The second-order valence-electron chi connectivity index (χ2n) is 10.7. The van der Waals surface area contributed by atoms with Gasteiger partial charge >= 0.3 is 0 Å². The molecular formula is C28H40N2O7S2. The Morgan fingerprint density at radius 2 is 0.923 bits per heavy atom. The largest absolute Gasteiger partial charge is 0.457 e. The lowest BCUT2D eigenvalue weighted by Crippen LogP contribution is -2.46. The number of hydrogen-bond acceptors (Lipinski definition) is 9. The number of hydrogen-bond donors (Lipinski definition) is 0. The lowest BCUT2D eigenvalue weighted by Gasteiger charge is -2.35. The molecule has 2 aromatic rings. The van der Waals surface area contributed by atoms with Gasteiger partial charge in [0.15, 0.2) is 19.7 Å². The molecule has 0 bridgehead atoms. The molecule has 2 aromatic carbocycles. The summed E-state index contributed by atoms with van der Waals surface area (Å²) in [6, 6.07) is 12.6. The van der Waals surface area contributed by atoms with E-state index in [0.29, 0.717) is 24.6 Å². The minimum atomic E-state index is -3.44. The fourth-order valence-corrected chi connectivity index (χ4v) is 7.80. The van der Waals surface area contributed by atoms with Crippen LogP contribution in [-0.4, -0.2) is 102 Å². The van der Waals surface area contributed by atoms with Gasteiger partial charge in [-0.15, -0.1) is 0 Å². The summed E-state index contributed by atoms with van der Waals surface area (Å²) >= 11 is 0. The first-order chi connectivity index (χ1) is 18.4. The summed E-state index contributed by atoms with van der Waals surface area (Å²) < 4.78 is 68.7. The van der Waals surface area contributed by atoms with Crippen molar-refractivity contribution in [1.29, 1.82) is 0 Å². The summed E-state index contributed by atoms with van der Waals surface area (Å²) in [6.07, 6.45) is 0.352. The highest BCUT2D eigenvalue weighted by atomic mass is 32.2. The van der Waals surface area contributed by atoms with E-state index < -0.39 is 19.7 Å². The predicted octanol–water partition coefficient (Wildman–Crippen LogP) is 3.24. The molecule has 2 saturated heterocycles. The zero-order valence-electron chi connectivity index (χ0n) is 23.2. The number of ether oxygens (including phenoxy) is 3. The number of nitrogens with zero attached hydrogens (tertiary/aromatic N) is 2. The van der Waals surface area contributed by atoms with Crippen LogP contribution in [0.5, 0.6) is 11.5 Å². The number of morpholine rings is 2. The van der Waals surface area contributed by atoms with Crippen molar-refractivity contribution in [2.75, 3.05) is 50.8 Å². The molecule has 2 heterocycles. The van der Waals surface area contributed by atoms with E-state index in [1.54, 1.807) is 48.5 Å². The molecule has 2 aliphatic heterocycles. The van der Waals surface area contributed by atoms with E-state index in [9.17, 15) is 16.8 Å². The highest BCUT2D eigenvalue weighted by Crippen LogP contribution is 2.25. The van der Waals surface area contributed by atoms with E-state index in [1.807, 2.05) is 27.7 Å². The summed E-state index contributed by atoms with van der Waals surface area (Å²) in [4.78, 5) is 4.74. The van der Waals surface area contributed by atoms with Gasteiger partial charge in [-0.2, -0.15) is 0 Å². The standard InChI is InChI=1S/C28H40N2O7S2/c1-21-17-29(18-22(2)35-21)13-15-38(31,32)27-9-5-25(6-10-27)37-26-7-11-28(12-8-26)39(33,34)16-14-30-19-23(3)36-24(4)20-30/h5-12,21-24H,13-20H2,1-4H3. The van der Waals surface area contributed by atoms with Gasteiger partial charge < -0.3 is 14.2 Å². The molecule has 0 aromatic heterocycles. The van der Waals surface area contributed by atoms with Gasteiger partial charge in [-0.05, 0) is 76.2 Å². The Balaban J connectivity index is 1.30. The second-order valence-corrected chi connectivity index (χ2v) is 14.9. The fraction of sp³-hybridized carbons (Fsp3) is 0.571. The van der Waals surface area contributed by atoms with Crippen molar-refractivity contribution >= 4 is 19.7 Å². The van der Waals surface area contributed by atoms with Gasteiger partial charge in [0.25, 0.3) is 0 Å². The molecular weight excluding hydrogens is 540 g/mol. The Bertz CT molecular complexity index is 1180. The highest BCUT2D eigenvalue weighted by Gasteiger charge is 2.25. The number of benzene rings is 2. The third-order valence-corrected chi connectivity index (χ3v) is 10.4. The smallest absolute Gasteiger partial charge is 0.179 e. The van der Waals surface area contributed by atoms with Crippen LogP contribution in [0.15, 0.2) is 58.3 Å². The molecule has 2 fully saturated rings. The highest BCUT2D eigenvalue weighted by molar-refractivity contribution is 7.91. The van der Waals surface area contributed by atoms with Crippen molar-refractivity contribution < 1.29 is 31.0 Å². The van der Waals surface area contributed by atoms with Crippen molar-refractivity contribution in [3.05, 3.63) is 48.5 Å². The third-order valence-electron chi connectivity index (χ3n) is 6.94. The molecule has 2 aliphatic rings. The molecule has 9 nitrogen and oxygen atoms in total. The Morgan fingerprint density at radius 1 is 0.615 bits per heavy atom. The summed E-state index contributed by atoms with van der Waals surface area (Å²) in [5, 5.41) is 0. The zero-order valence-corrected chi connectivity index (χ0v) is 24.8. The molecule has 0 amide bonds. The molecule has 0 aliphatic carbocycles. The van der Waals surface area contributed by atoms with Crippen LogP contribution in [0.1, 0.15) is 27.7 Å². The monoisotopic (exact) mass is 580 g/mol. The Hall–Kier alpha value is -2.02. The molecule has 4 rings (SSSR count). The van der Waals surface area contributed by atoms with Crippen molar-refractivity contribution in [3.63, 3.8) is 0 Å². The summed E-state index contributed by atoms with van der Waals surface area (Å²) in [5.74, 6) is 1.00. The minimum absolute atomic E-state index is 0.0339. The molecule has 4 unspecified atom stereocenters. The molecule has 0 saturated carbocycles. The van der Waals surface area contributed by atoms with Gasteiger partial charge in [0.2, 0.25) is 0 Å². The van der Waals surface area contributed by atoms with Crippen LogP contribution in [0, 0.1) is 0 Å².